The topological polar surface area (TPSA) is 88.2 Å². The van der Waals surface area contributed by atoms with Gasteiger partial charge in [0.25, 0.3) is 0 Å². The van der Waals surface area contributed by atoms with E-state index in [0.717, 1.165) is 0 Å². The van der Waals surface area contributed by atoms with E-state index in [1.807, 2.05) is 0 Å². The number of rotatable bonds is 4. The minimum atomic E-state index is 0. The van der Waals surface area contributed by atoms with Crippen LogP contribution >= 0.6 is 0 Å². The van der Waals surface area contributed by atoms with Crippen LogP contribution in [0.2, 0.25) is 0 Å². The van der Waals surface area contributed by atoms with Gasteiger partial charge in [-0.15, -0.1) is 0 Å². The fourth-order valence-corrected chi connectivity index (χ4v) is 0.335. The molecule has 0 unspecified atom stereocenters. The molecule has 0 amide bonds. The summed E-state index contributed by atoms with van der Waals surface area (Å²) in [5, 5.41) is 29.7. The van der Waals surface area contributed by atoms with Gasteiger partial charge in [0.15, 0.2) is 0 Å². The van der Waals surface area contributed by atoms with E-state index < -0.39 is 0 Å². The van der Waals surface area contributed by atoms with Crippen molar-refractivity contribution in [1.29, 1.82) is 10.8 Å². The molecule has 4 heteroatoms. The molecular weight excluding hydrogens is 180 g/mol. The molecule has 0 fully saturated rings. The monoisotopic (exact) mass is 206 g/mol. The van der Waals surface area contributed by atoms with Crippen LogP contribution < -0.4 is 0 Å². The molecule has 0 aromatic carbocycles. The van der Waals surface area contributed by atoms with Crippen LogP contribution in [0.5, 0.6) is 0 Å². The van der Waals surface area contributed by atoms with Crippen LogP contribution in [0.1, 0.15) is 41.5 Å². The molecule has 0 aliphatic carbocycles. The fraction of sp³-hybridized carbons (Fsp3) is 0.800. The van der Waals surface area contributed by atoms with Crippen LogP contribution in [0.4, 0.5) is 0 Å². The fourth-order valence-electron chi connectivity index (χ4n) is 0.335. The molecule has 0 aromatic heterocycles. The van der Waals surface area contributed by atoms with Gasteiger partial charge < -0.3 is 21.0 Å². The molecule has 0 rings (SSSR count). The summed E-state index contributed by atoms with van der Waals surface area (Å²) in [5.41, 5.74) is 1.08. The first-order chi connectivity index (χ1) is 5.54. The maximum Gasteiger partial charge on any atom is 0.0482 e. The van der Waals surface area contributed by atoms with Crippen LogP contribution in [0.25, 0.3) is 0 Å². The Labute approximate surface area is 88.0 Å². The molecule has 4 nitrogen and oxygen atoms in total. The lowest BCUT2D eigenvalue weighted by Crippen LogP contribution is -1.90. The predicted octanol–water partition coefficient (Wildman–Crippen LogP) is 2.09. The summed E-state index contributed by atoms with van der Waals surface area (Å²) in [6, 6.07) is 0. The molecule has 88 valence electrons. The lowest BCUT2D eigenvalue weighted by Gasteiger charge is -1.84. The van der Waals surface area contributed by atoms with Crippen LogP contribution in [0, 0.1) is 10.8 Å². The Morgan fingerprint density at radius 2 is 1.07 bits per heavy atom. The zero-order chi connectivity index (χ0) is 9.98. The van der Waals surface area contributed by atoms with Crippen molar-refractivity contribution in [2.24, 2.45) is 0 Å². The van der Waals surface area contributed by atoms with Crippen molar-refractivity contribution in [3.05, 3.63) is 0 Å². The molecule has 0 saturated carbocycles. The molecule has 0 heterocycles. The molecule has 4 N–H and O–H groups in total. The van der Waals surface area contributed by atoms with Crippen molar-refractivity contribution in [2.45, 2.75) is 41.5 Å². The van der Waals surface area contributed by atoms with Gasteiger partial charge >= 0.3 is 0 Å². The molecule has 0 bridgehead atoms. The number of hydrogen-bond donors (Lipinski definition) is 4. The normalized spacial score (nSPS) is 7.14. The summed E-state index contributed by atoms with van der Waals surface area (Å²) >= 11 is 0. The molecule has 0 spiro atoms. The third kappa shape index (κ3) is 42.8. The molecule has 0 saturated heterocycles. The molecule has 0 radical (unpaired) electrons. The summed E-state index contributed by atoms with van der Waals surface area (Å²) in [6.07, 6.45) is 1.03. The van der Waals surface area contributed by atoms with Crippen molar-refractivity contribution in [3.63, 3.8) is 0 Å². The Balaban J connectivity index is -0.0000000625. The van der Waals surface area contributed by atoms with Gasteiger partial charge in [0.2, 0.25) is 0 Å². The first kappa shape index (κ1) is 23.2. The number of aliphatic hydroxyl groups excluding tert-OH is 2. The van der Waals surface area contributed by atoms with Gasteiger partial charge in [-0.3, -0.25) is 0 Å². The van der Waals surface area contributed by atoms with Gasteiger partial charge in [-0.05, 0) is 13.8 Å². The van der Waals surface area contributed by atoms with E-state index in [9.17, 15) is 0 Å². The first-order valence-electron chi connectivity index (χ1n) is 3.84. The highest BCUT2D eigenvalue weighted by molar-refractivity contribution is 5.78. The van der Waals surface area contributed by atoms with E-state index in [1.54, 1.807) is 13.8 Å². The number of nitrogens with one attached hydrogen (secondary N) is 2. The summed E-state index contributed by atoms with van der Waals surface area (Å²) in [4.78, 5) is 0. The van der Waals surface area contributed by atoms with Crippen LogP contribution in [0.3, 0.4) is 0 Å². The lowest BCUT2D eigenvalue weighted by molar-refractivity contribution is 0.306. The van der Waals surface area contributed by atoms with Crippen molar-refractivity contribution >= 4 is 11.4 Å². The van der Waals surface area contributed by atoms with E-state index in [4.69, 9.17) is 21.0 Å². The minimum absolute atomic E-state index is 0. The third-order valence-corrected chi connectivity index (χ3v) is 0.974. The van der Waals surface area contributed by atoms with E-state index in [-0.39, 0.29) is 28.1 Å². The average Bonchev–Trinajstić information content (AvgIpc) is 1.87. The van der Waals surface area contributed by atoms with Crippen LogP contribution in [-0.2, 0) is 0 Å². The molecule has 14 heavy (non-hydrogen) atoms. The zero-order valence-corrected chi connectivity index (χ0v) is 7.72. The van der Waals surface area contributed by atoms with Crippen molar-refractivity contribution in [2.75, 3.05) is 13.2 Å². The Hall–Kier alpha value is -0.740. The van der Waals surface area contributed by atoms with Crippen molar-refractivity contribution in [3.8, 4) is 0 Å². The zero-order valence-electron chi connectivity index (χ0n) is 7.72. The molecule has 0 aliphatic rings. The summed E-state index contributed by atoms with van der Waals surface area (Å²) in [5.74, 6) is 0. The highest BCUT2D eigenvalue weighted by atomic mass is 16.3. The van der Waals surface area contributed by atoms with Crippen molar-refractivity contribution < 1.29 is 10.2 Å². The van der Waals surface area contributed by atoms with E-state index in [1.165, 1.54) is 0 Å². The van der Waals surface area contributed by atoms with Crippen LogP contribution in [-0.4, -0.2) is 34.9 Å². The number of hydrogen-bond acceptors (Lipinski definition) is 4. The summed E-state index contributed by atoms with van der Waals surface area (Å²) < 4.78 is 0. The minimum Gasteiger partial charge on any atom is -0.396 e. The highest BCUT2D eigenvalue weighted by Gasteiger charge is 1.80. The highest BCUT2D eigenvalue weighted by Crippen LogP contribution is 1.75. The van der Waals surface area contributed by atoms with Gasteiger partial charge in [-0.2, -0.15) is 0 Å². The molecule has 0 atom stereocenters. The van der Waals surface area contributed by atoms with E-state index in [0.29, 0.717) is 24.3 Å². The largest absolute Gasteiger partial charge is 0.396 e. The third-order valence-electron chi connectivity index (χ3n) is 0.974. The first-order valence-corrected chi connectivity index (χ1v) is 3.84. The standard InChI is InChI=1S/2C4H9NO.2CH4/c2*1-4(5)2-3-6;;/h2*5-6H,2-3H2,1H3;2*1H4. The van der Waals surface area contributed by atoms with Gasteiger partial charge in [0.05, 0.1) is 0 Å². The Bertz CT molecular complexity index is 120. The van der Waals surface area contributed by atoms with Gasteiger partial charge in [-0.1, -0.05) is 14.9 Å². The second-order valence-corrected chi connectivity index (χ2v) is 2.51. The van der Waals surface area contributed by atoms with Gasteiger partial charge in [0.1, 0.15) is 0 Å². The second-order valence-electron chi connectivity index (χ2n) is 2.51. The maximum absolute atomic E-state index is 8.10. The van der Waals surface area contributed by atoms with E-state index >= 15 is 0 Å². The second kappa shape index (κ2) is 18.1. The molecule has 0 aromatic rings. The maximum atomic E-state index is 8.10. The SMILES string of the molecule is C.C.CC(=N)CCO.CC(=N)CCO. The lowest BCUT2D eigenvalue weighted by atomic mass is 10.3. The quantitative estimate of drug-likeness (QED) is 0.531. The van der Waals surface area contributed by atoms with E-state index in [2.05, 4.69) is 0 Å². The van der Waals surface area contributed by atoms with Gasteiger partial charge in [0, 0.05) is 37.5 Å². The summed E-state index contributed by atoms with van der Waals surface area (Å²) in [6.45, 7) is 3.57. The Morgan fingerprint density at radius 1 is 0.857 bits per heavy atom. The predicted molar refractivity (Wildman–Crippen MR) is 63.7 cm³/mol. The molecule has 0 aliphatic heterocycles. The van der Waals surface area contributed by atoms with Gasteiger partial charge in [-0.25, -0.2) is 0 Å². The Kier molecular flexibility index (Phi) is 30.1. The summed E-state index contributed by atoms with van der Waals surface area (Å²) in [7, 11) is 0. The smallest absolute Gasteiger partial charge is 0.0482 e. The van der Waals surface area contributed by atoms with Crippen molar-refractivity contribution in [1.82, 2.24) is 0 Å². The van der Waals surface area contributed by atoms with Crippen LogP contribution in [0.15, 0.2) is 0 Å². The number of aliphatic hydroxyl groups is 2. The Morgan fingerprint density at radius 3 is 1.07 bits per heavy atom. The molecular formula is C10H26N2O2. The average molecular weight is 206 g/mol.